The number of halogens is 3. The molecule has 2 heterocycles. The standard InChI is InChI=1S/C15H16F3N5O/c16-15(17,18)11-3-1-10(2-4-11)8-23-6-5-12(9-23)20-14(24)13-7-19-22-21-13/h1-4,7,12H,5-6,8-9H2,(H,20,24)(H,19,21,22). The largest absolute Gasteiger partial charge is 0.416 e. The van der Waals surface area contributed by atoms with Gasteiger partial charge in [0.15, 0.2) is 5.69 Å². The van der Waals surface area contributed by atoms with Crippen LogP contribution in [0.5, 0.6) is 0 Å². The van der Waals surface area contributed by atoms with Crippen LogP contribution in [0.2, 0.25) is 0 Å². The molecule has 1 aliphatic rings. The van der Waals surface area contributed by atoms with Crippen molar-refractivity contribution in [2.45, 2.75) is 25.2 Å². The summed E-state index contributed by atoms with van der Waals surface area (Å²) >= 11 is 0. The molecule has 0 aliphatic carbocycles. The Morgan fingerprint density at radius 3 is 2.71 bits per heavy atom. The van der Waals surface area contributed by atoms with Crippen molar-refractivity contribution in [2.24, 2.45) is 0 Å². The van der Waals surface area contributed by atoms with Gasteiger partial charge in [-0.05, 0) is 24.1 Å². The van der Waals surface area contributed by atoms with Crippen molar-refractivity contribution in [3.8, 4) is 0 Å². The number of likely N-dealkylation sites (tertiary alicyclic amines) is 1. The summed E-state index contributed by atoms with van der Waals surface area (Å²) < 4.78 is 37.7. The van der Waals surface area contributed by atoms with Crippen LogP contribution in [0.15, 0.2) is 30.5 Å². The highest BCUT2D eigenvalue weighted by atomic mass is 19.4. The van der Waals surface area contributed by atoms with Crippen molar-refractivity contribution in [3.05, 3.63) is 47.3 Å². The zero-order valence-electron chi connectivity index (χ0n) is 12.7. The van der Waals surface area contributed by atoms with E-state index >= 15 is 0 Å². The third-order valence-corrected chi connectivity index (χ3v) is 3.94. The maximum absolute atomic E-state index is 12.6. The highest BCUT2D eigenvalue weighted by Crippen LogP contribution is 2.29. The molecule has 2 aromatic rings. The summed E-state index contributed by atoms with van der Waals surface area (Å²) in [4.78, 5) is 14.0. The van der Waals surface area contributed by atoms with E-state index in [-0.39, 0.29) is 17.6 Å². The van der Waals surface area contributed by atoms with E-state index in [4.69, 9.17) is 0 Å². The summed E-state index contributed by atoms with van der Waals surface area (Å²) in [6.07, 6.45) is -2.18. The van der Waals surface area contributed by atoms with Crippen molar-refractivity contribution in [2.75, 3.05) is 13.1 Å². The van der Waals surface area contributed by atoms with E-state index in [1.807, 2.05) is 0 Å². The van der Waals surface area contributed by atoms with E-state index in [0.29, 0.717) is 13.1 Å². The zero-order valence-corrected chi connectivity index (χ0v) is 12.7. The second-order valence-electron chi connectivity index (χ2n) is 5.74. The van der Waals surface area contributed by atoms with E-state index in [9.17, 15) is 18.0 Å². The minimum atomic E-state index is -4.32. The molecule has 24 heavy (non-hydrogen) atoms. The molecule has 1 saturated heterocycles. The first-order chi connectivity index (χ1) is 11.4. The van der Waals surface area contributed by atoms with Crippen molar-refractivity contribution >= 4 is 5.91 Å². The normalized spacial score (nSPS) is 18.7. The van der Waals surface area contributed by atoms with Crippen molar-refractivity contribution in [1.29, 1.82) is 0 Å². The number of hydrogen-bond acceptors (Lipinski definition) is 4. The second kappa shape index (κ2) is 6.60. The summed E-state index contributed by atoms with van der Waals surface area (Å²) in [6.45, 7) is 1.96. The van der Waals surface area contributed by atoms with Crippen LogP contribution in [0.4, 0.5) is 13.2 Å². The summed E-state index contributed by atoms with van der Waals surface area (Å²) in [5.41, 5.74) is 0.396. The van der Waals surface area contributed by atoms with Gasteiger partial charge < -0.3 is 5.32 Å². The lowest BCUT2D eigenvalue weighted by molar-refractivity contribution is -0.137. The van der Waals surface area contributed by atoms with E-state index in [2.05, 4.69) is 25.6 Å². The van der Waals surface area contributed by atoms with Gasteiger partial charge >= 0.3 is 6.18 Å². The number of alkyl halides is 3. The monoisotopic (exact) mass is 339 g/mol. The van der Waals surface area contributed by atoms with Gasteiger partial charge in [0.25, 0.3) is 5.91 Å². The van der Waals surface area contributed by atoms with Gasteiger partial charge in [0.1, 0.15) is 0 Å². The zero-order chi connectivity index (χ0) is 17.2. The molecule has 0 saturated carbocycles. The first-order valence-electron chi connectivity index (χ1n) is 7.47. The van der Waals surface area contributed by atoms with Crippen molar-refractivity contribution in [1.82, 2.24) is 25.6 Å². The van der Waals surface area contributed by atoms with Crippen LogP contribution in [0.25, 0.3) is 0 Å². The van der Waals surface area contributed by atoms with Gasteiger partial charge in [-0.2, -0.15) is 28.6 Å². The summed E-state index contributed by atoms with van der Waals surface area (Å²) in [5.74, 6) is -0.287. The third kappa shape index (κ3) is 3.91. The number of aromatic amines is 1. The van der Waals surface area contributed by atoms with Crippen LogP contribution in [-0.2, 0) is 12.7 Å². The number of rotatable bonds is 4. The van der Waals surface area contributed by atoms with Gasteiger partial charge in [-0.15, -0.1) is 0 Å². The van der Waals surface area contributed by atoms with Gasteiger partial charge in [0, 0.05) is 25.7 Å². The molecule has 1 atom stereocenters. The predicted octanol–water partition coefficient (Wildman–Crippen LogP) is 1.83. The Labute approximate surface area is 136 Å². The van der Waals surface area contributed by atoms with E-state index in [1.165, 1.54) is 18.3 Å². The van der Waals surface area contributed by atoms with Crippen LogP contribution in [0.3, 0.4) is 0 Å². The first kappa shape index (κ1) is 16.4. The number of aromatic nitrogens is 3. The SMILES string of the molecule is O=C(NC1CCN(Cc2ccc(C(F)(F)F)cc2)C1)c1cn[nH]n1. The Bertz CT molecular complexity index is 684. The lowest BCUT2D eigenvalue weighted by Crippen LogP contribution is -2.37. The molecule has 1 amide bonds. The number of carbonyl (C=O) groups is 1. The van der Waals surface area contributed by atoms with E-state index < -0.39 is 11.7 Å². The molecule has 1 aromatic carbocycles. The summed E-state index contributed by atoms with van der Waals surface area (Å²) in [7, 11) is 0. The second-order valence-corrected chi connectivity index (χ2v) is 5.74. The molecule has 3 rings (SSSR count). The molecule has 1 aliphatic heterocycles. The molecule has 2 N–H and O–H groups in total. The highest BCUT2D eigenvalue weighted by Gasteiger charge is 2.30. The maximum Gasteiger partial charge on any atom is 0.416 e. The van der Waals surface area contributed by atoms with Crippen LogP contribution in [0, 0.1) is 0 Å². The van der Waals surface area contributed by atoms with Crippen molar-refractivity contribution in [3.63, 3.8) is 0 Å². The Balaban J connectivity index is 1.52. The molecule has 0 bridgehead atoms. The summed E-state index contributed by atoms with van der Waals surface area (Å²) in [6, 6.07) is 5.15. The Morgan fingerprint density at radius 1 is 1.33 bits per heavy atom. The Kier molecular flexibility index (Phi) is 4.52. The number of benzene rings is 1. The van der Waals surface area contributed by atoms with Gasteiger partial charge in [-0.3, -0.25) is 9.69 Å². The van der Waals surface area contributed by atoms with Crippen LogP contribution in [-0.4, -0.2) is 45.3 Å². The molecule has 1 fully saturated rings. The number of carbonyl (C=O) groups excluding carboxylic acids is 1. The minimum Gasteiger partial charge on any atom is -0.347 e. The molecule has 0 radical (unpaired) electrons. The molecular formula is C15H16F3N5O. The maximum atomic E-state index is 12.6. The number of H-pyrrole nitrogens is 1. The highest BCUT2D eigenvalue weighted by molar-refractivity contribution is 5.92. The molecule has 6 nitrogen and oxygen atoms in total. The quantitative estimate of drug-likeness (QED) is 0.891. The molecule has 128 valence electrons. The number of nitrogens with one attached hydrogen (secondary N) is 2. The third-order valence-electron chi connectivity index (χ3n) is 3.94. The van der Waals surface area contributed by atoms with Crippen LogP contribution < -0.4 is 5.32 Å². The topological polar surface area (TPSA) is 73.9 Å². The van der Waals surface area contributed by atoms with Gasteiger partial charge in [0.05, 0.1) is 11.8 Å². The average Bonchev–Trinajstić information content (AvgIpc) is 3.19. The van der Waals surface area contributed by atoms with Gasteiger partial charge in [0.2, 0.25) is 0 Å². The number of nitrogens with zero attached hydrogens (tertiary/aromatic N) is 3. The van der Waals surface area contributed by atoms with Crippen molar-refractivity contribution < 1.29 is 18.0 Å². The fourth-order valence-corrected chi connectivity index (χ4v) is 2.72. The van der Waals surface area contributed by atoms with Crippen LogP contribution in [0.1, 0.15) is 28.0 Å². The predicted molar refractivity (Wildman–Crippen MR) is 79.0 cm³/mol. The molecule has 0 spiro atoms. The fraction of sp³-hybridized carbons (Fsp3) is 0.400. The van der Waals surface area contributed by atoms with Crippen LogP contribution >= 0.6 is 0 Å². The number of amides is 1. The molecular weight excluding hydrogens is 323 g/mol. The van der Waals surface area contributed by atoms with E-state index in [0.717, 1.165) is 30.7 Å². The Morgan fingerprint density at radius 2 is 2.08 bits per heavy atom. The number of hydrogen-bond donors (Lipinski definition) is 2. The lowest BCUT2D eigenvalue weighted by atomic mass is 10.1. The minimum absolute atomic E-state index is 0.0105. The Hall–Kier alpha value is -2.42. The molecule has 1 unspecified atom stereocenters. The molecule has 9 heteroatoms. The smallest absolute Gasteiger partial charge is 0.347 e. The fourth-order valence-electron chi connectivity index (χ4n) is 2.72. The first-order valence-corrected chi connectivity index (χ1v) is 7.47. The average molecular weight is 339 g/mol. The van der Waals surface area contributed by atoms with Gasteiger partial charge in [-0.1, -0.05) is 12.1 Å². The van der Waals surface area contributed by atoms with Gasteiger partial charge in [-0.25, -0.2) is 0 Å². The lowest BCUT2D eigenvalue weighted by Gasteiger charge is -2.17. The molecule has 1 aromatic heterocycles. The summed E-state index contributed by atoms with van der Waals surface area (Å²) in [5, 5.41) is 12.6. The van der Waals surface area contributed by atoms with E-state index in [1.54, 1.807) is 0 Å².